The van der Waals surface area contributed by atoms with Gasteiger partial charge < -0.3 is 51.3 Å². The van der Waals surface area contributed by atoms with Gasteiger partial charge in [-0.3, -0.25) is 19.2 Å². The van der Waals surface area contributed by atoms with Gasteiger partial charge in [0.2, 0.25) is 17.7 Å². The van der Waals surface area contributed by atoms with Crippen LogP contribution >= 0.6 is 0 Å². The van der Waals surface area contributed by atoms with Crippen LogP contribution in [0.4, 0.5) is 4.79 Å². The van der Waals surface area contributed by atoms with Gasteiger partial charge in [-0.05, 0) is 79.0 Å². The van der Waals surface area contributed by atoms with Crippen LogP contribution in [-0.4, -0.2) is 99.2 Å². The molecule has 2 unspecified atom stereocenters. The van der Waals surface area contributed by atoms with Gasteiger partial charge in [0, 0.05) is 36.2 Å². The summed E-state index contributed by atoms with van der Waals surface area (Å²) in [5, 5.41) is 13.8. The number of nitrogens with two attached hydrogens (primary N) is 1. The second-order valence-corrected chi connectivity index (χ2v) is 14.8. The Hall–Kier alpha value is -3.95. The van der Waals surface area contributed by atoms with Crippen LogP contribution in [0, 0.1) is 5.41 Å². The summed E-state index contributed by atoms with van der Waals surface area (Å²) in [6, 6.07) is 5.65. The molecule has 7 N–H and O–H groups in total. The second kappa shape index (κ2) is 21.3. The van der Waals surface area contributed by atoms with Gasteiger partial charge in [0.1, 0.15) is 36.8 Å². The average molecular weight is 709 g/mol. The van der Waals surface area contributed by atoms with Gasteiger partial charge in [0.15, 0.2) is 0 Å². The van der Waals surface area contributed by atoms with E-state index in [1.807, 2.05) is 41.5 Å². The number of alkyl carbamates (subject to hydrolysis) is 1. The topological polar surface area (TPSA) is 208 Å². The summed E-state index contributed by atoms with van der Waals surface area (Å²) in [6.07, 6.45) is 0.0399. The highest BCUT2D eigenvalue weighted by atomic mass is 16.6. The molecule has 0 bridgehead atoms. The van der Waals surface area contributed by atoms with Gasteiger partial charge in [-0.15, -0.1) is 0 Å². The van der Waals surface area contributed by atoms with Crippen LogP contribution in [-0.2, 0) is 28.6 Å². The van der Waals surface area contributed by atoms with Crippen molar-refractivity contribution in [1.82, 2.24) is 26.6 Å². The third kappa shape index (κ3) is 21.2. The van der Waals surface area contributed by atoms with Gasteiger partial charge in [0.25, 0.3) is 5.91 Å². The molecule has 15 nitrogen and oxygen atoms in total. The lowest BCUT2D eigenvalue weighted by atomic mass is 9.95. The Balaban J connectivity index is 2.50. The normalized spacial score (nSPS) is 13.0. The van der Waals surface area contributed by atoms with Gasteiger partial charge >= 0.3 is 6.09 Å². The van der Waals surface area contributed by atoms with Crippen molar-refractivity contribution in [2.45, 2.75) is 105 Å². The molecule has 0 spiro atoms. The lowest BCUT2D eigenvalue weighted by molar-refractivity contribution is -0.129. The Bertz CT molecular complexity index is 1240. The lowest BCUT2D eigenvalue weighted by Crippen LogP contribution is -2.49. The minimum atomic E-state index is -0.865. The van der Waals surface area contributed by atoms with E-state index in [9.17, 15) is 24.0 Å². The van der Waals surface area contributed by atoms with Crippen LogP contribution in [0.15, 0.2) is 24.3 Å². The monoisotopic (exact) mass is 708 g/mol. The molecule has 2 atom stereocenters. The van der Waals surface area contributed by atoms with E-state index in [0.717, 1.165) is 0 Å². The molecule has 0 heterocycles. The average Bonchev–Trinajstić information content (AvgIpc) is 2.98. The summed E-state index contributed by atoms with van der Waals surface area (Å²) in [5.74, 6) is -0.668. The molecule has 0 aliphatic rings. The van der Waals surface area contributed by atoms with E-state index < -0.39 is 35.3 Å². The Morgan fingerprint density at radius 3 is 2.16 bits per heavy atom. The second-order valence-electron chi connectivity index (χ2n) is 14.8. The Morgan fingerprint density at radius 1 is 0.840 bits per heavy atom. The predicted molar refractivity (Wildman–Crippen MR) is 189 cm³/mol. The molecule has 0 aromatic heterocycles. The van der Waals surface area contributed by atoms with Gasteiger partial charge in [-0.25, -0.2) is 4.79 Å². The number of benzene rings is 1. The SMILES string of the molecule is CC(C)(C)NC(=O)COCCOC(N)COc1cccc(C(=O)NCCNC(=O)C(CCCCNC(=O)C(C)(C)C)NC(=O)OC(C)(C)C)c1. The zero-order valence-corrected chi connectivity index (χ0v) is 31.3. The van der Waals surface area contributed by atoms with E-state index in [-0.39, 0.29) is 62.8 Å². The molecule has 1 aromatic carbocycles. The lowest BCUT2D eigenvalue weighted by Gasteiger charge is -2.23. The first-order valence-electron chi connectivity index (χ1n) is 17.0. The molecular weight excluding hydrogens is 648 g/mol. The first-order valence-corrected chi connectivity index (χ1v) is 17.0. The summed E-state index contributed by atoms with van der Waals surface area (Å²) in [5.41, 5.74) is 4.72. The molecule has 1 rings (SSSR count). The number of nitrogens with one attached hydrogen (secondary N) is 5. The fourth-order valence-electron chi connectivity index (χ4n) is 4.08. The quantitative estimate of drug-likeness (QED) is 0.0861. The number of unbranched alkanes of at least 4 members (excludes halogenated alkanes) is 1. The molecule has 0 aliphatic heterocycles. The summed E-state index contributed by atoms with van der Waals surface area (Å²) in [4.78, 5) is 62.0. The molecule has 0 aliphatic carbocycles. The molecule has 50 heavy (non-hydrogen) atoms. The van der Waals surface area contributed by atoms with Gasteiger partial charge in [0.05, 0.1) is 13.2 Å². The van der Waals surface area contributed by atoms with Crippen LogP contribution in [0.25, 0.3) is 0 Å². The summed E-state index contributed by atoms with van der Waals surface area (Å²) in [7, 11) is 0. The molecule has 0 radical (unpaired) electrons. The van der Waals surface area contributed by atoms with Crippen LogP contribution < -0.4 is 37.1 Å². The number of carbonyl (C=O) groups excluding carboxylic acids is 5. The smallest absolute Gasteiger partial charge is 0.408 e. The van der Waals surface area contributed by atoms with Crippen molar-refractivity contribution in [2.75, 3.05) is 46.1 Å². The van der Waals surface area contributed by atoms with Crippen molar-refractivity contribution >= 4 is 29.7 Å². The third-order valence-electron chi connectivity index (χ3n) is 6.42. The number of rotatable bonds is 20. The van der Waals surface area contributed by atoms with Crippen molar-refractivity contribution in [3.05, 3.63) is 29.8 Å². The van der Waals surface area contributed by atoms with E-state index >= 15 is 0 Å². The number of amides is 5. The van der Waals surface area contributed by atoms with Crippen molar-refractivity contribution in [3.63, 3.8) is 0 Å². The number of hydrogen-bond donors (Lipinski definition) is 6. The largest absolute Gasteiger partial charge is 0.489 e. The molecule has 15 heteroatoms. The third-order valence-corrected chi connectivity index (χ3v) is 6.42. The van der Waals surface area contributed by atoms with Gasteiger partial charge in [-0.2, -0.15) is 0 Å². The Morgan fingerprint density at radius 2 is 1.52 bits per heavy atom. The highest BCUT2D eigenvalue weighted by Gasteiger charge is 2.25. The maximum atomic E-state index is 13.0. The Kier molecular flexibility index (Phi) is 18.8. The van der Waals surface area contributed by atoms with Crippen molar-refractivity contribution < 1.29 is 42.9 Å². The van der Waals surface area contributed by atoms with E-state index in [1.165, 1.54) is 0 Å². The van der Waals surface area contributed by atoms with E-state index in [2.05, 4.69) is 26.6 Å². The Labute approximate surface area is 296 Å². The van der Waals surface area contributed by atoms with E-state index in [0.29, 0.717) is 37.1 Å². The predicted octanol–water partition coefficient (Wildman–Crippen LogP) is 2.37. The highest BCUT2D eigenvalue weighted by Crippen LogP contribution is 2.14. The standard InChI is InChI=1S/C35H60N6O9/c1-33(2,3)31(45)39-16-11-10-15-26(40-32(46)50-35(7,8)9)30(44)38-18-17-37-29(43)24-13-12-14-25(21-24)49-22-27(36)48-20-19-47-23-28(42)41-34(4,5)6/h12-14,21,26-27H,10-11,15-20,22-23,36H2,1-9H3,(H,37,43)(H,38,44)(H,39,45)(H,40,46)(H,41,42). The van der Waals surface area contributed by atoms with E-state index in [4.69, 9.17) is 24.7 Å². The minimum absolute atomic E-state index is 0.0195. The van der Waals surface area contributed by atoms with Gasteiger partial charge in [-0.1, -0.05) is 26.8 Å². The maximum absolute atomic E-state index is 13.0. The van der Waals surface area contributed by atoms with Crippen molar-refractivity contribution in [2.24, 2.45) is 11.1 Å². The number of ether oxygens (including phenoxy) is 4. The molecule has 1 aromatic rings. The summed E-state index contributed by atoms with van der Waals surface area (Å²) < 4.78 is 21.7. The molecule has 5 amide bonds. The van der Waals surface area contributed by atoms with Crippen LogP contribution in [0.3, 0.4) is 0 Å². The van der Waals surface area contributed by atoms with Crippen molar-refractivity contribution in [3.8, 4) is 5.75 Å². The van der Waals surface area contributed by atoms with Crippen LogP contribution in [0.5, 0.6) is 5.75 Å². The zero-order chi connectivity index (χ0) is 38.0. The number of hydrogen-bond acceptors (Lipinski definition) is 10. The van der Waals surface area contributed by atoms with Crippen LogP contribution in [0.1, 0.15) is 91.9 Å². The van der Waals surface area contributed by atoms with Crippen LogP contribution in [0.2, 0.25) is 0 Å². The molecule has 0 fully saturated rings. The highest BCUT2D eigenvalue weighted by molar-refractivity contribution is 5.94. The molecule has 284 valence electrons. The fourth-order valence-corrected chi connectivity index (χ4v) is 4.08. The number of carbonyl (C=O) groups is 5. The maximum Gasteiger partial charge on any atom is 0.408 e. The molecule has 0 saturated carbocycles. The summed E-state index contributed by atoms with van der Waals surface area (Å²) in [6.45, 7) is 17.3. The van der Waals surface area contributed by atoms with Crippen molar-refractivity contribution in [1.29, 1.82) is 0 Å². The molecular formula is C35H60N6O9. The van der Waals surface area contributed by atoms with E-state index in [1.54, 1.807) is 45.0 Å². The summed E-state index contributed by atoms with van der Waals surface area (Å²) >= 11 is 0. The molecule has 0 saturated heterocycles. The minimum Gasteiger partial charge on any atom is -0.489 e. The first kappa shape index (κ1) is 44.1. The fraction of sp³-hybridized carbons (Fsp3) is 0.686. The zero-order valence-electron chi connectivity index (χ0n) is 31.3. The first-order chi connectivity index (χ1) is 23.2.